The molecule has 0 fully saturated rings. The Morgan fingerprint density at radius 2 is 2.21 bits per heavy atom. The molecular formula is C14H16INO3. The minimum atomic E-state index is -0.548. The average molecular weight is 373 g/mol. The molecule has 102 valence electrons. The van der Waals surface area contributed by atoms with E-state index < -0.39 is 6.10 Å². The smallest absolute Gasteiger partial charge is 0.129 e. The largest absolute Gasteiger partial charge is 0.467 e. The lowest BCUT2D eigenvalue weighted by atomic mass is 10.3. The predicted molar refractivity (Wildman–Crippen MR) is 82.0 cm³/mol. The van der Waals surface area contributed by atoms with E-state index in [1.807, 2.05) is 36.4 Å². The average Bonchev–Trinajstić information content (AvgIpc) is 2.90. The third-order valence-electron chi connectivity index (χ3n) is 2.50. The van der Waals surface area contributed by atoms with Crippen molar-refractivity contribution in [3.8, 4) is 0 Å². The first kappa shape index (κ1) is 14.4. The molecule has 0 bridgehead atoms. The highest BCUT2D eigenvalue weighted by atomic mass is 127. The minimum Gasteiger partial charge on any atom is -0.467 e. The van der Waals surface area contributed by atoms with E-state index in [-0.39, 0.29) is 6.61 Å². The second-order valence-electron chi connectivity index (χ2n) is 4.14. The summed E-state index contributed by atoms with van der Waals surface area (Å²) in [6, 6.07) is 11.7. The number of aliphatic hydroxyl groups excluding tert-OH is 1. The number of rotatable bonds is 7. The zero-order valence-electron chi connectivity index (χ0n) is 10.4. The minimum absolute atomic E-state index is 0.275. The summed E-state index contributed by atoms with van der Waals surface area (Å²) in [5.74, 6) is 0.762. The van der Waals surface area contributed by atoms with Gasteiger partial charge in [-0.3, -0.25) is 0 Å². The maximum absolute atomic E-state index is 9.79. The standard InChI is InChI=1S/C14H16INO3/c15-11-3-1-4-12(7-11)16-8-13(17)9-18-10-14-5-2-6-19-14/h1-7,13,16-17H,8-10H2. The Balaban J connectivity index is 1.65. The molecule has 19 heavy (non-hydrogen) atoms. The Bertz CT molecular complexity index is 487. The fourth-order valence-corrected chi connectivity index (χ4v) is 2.13. The highest BCUT2D eigenvalue weighted by molar-refractivity contribution is 14.1. The van der Waals surface area contributed by atoms with Gasteiger partial charge in [-0.25, -0.2) is 0 Å². The van der Waals surface area contributed by atoms with E-state index in [1.54, 1.807) is 6.26 Å². The van der Waals surface area contributed by atoms with Gasteiger partial charge in [0.05, 0.1) is 19.0 Å². The van der Waals surface area contributed by atoms with Crippen molar-refractivity contribution in [1.29, 1.82) is 0 Å². The molecule has 5 heteroatoms. The quantitative estimate of drug-likeness (QED) is 0.733. The summed E-state index contributed by atoms with van der Waals surface area (Å²) in [7, 11) is 0. The maximum Gasteiger partial charge on any atom is 0.129 e. The van der Waals surface area contributed by atoms with Gasteiger partial charge in [-0.2, -0.15) is 0 Å². The van der Waals surface area contributed by atoms with Crippen LogP contribution in [0.5, 0.6) is 0 Å². The van der Waals surface area contributed by atoms with Crippen LogP contribution < -0.4 is 5.32 Å². The van der Waals surface area contributed by atoms with Crippen molar-refractivity contribution in [3.05, 3.63) is 52.0 Å². The summed E-state index contributed by atoms with van der Waals surface area (Å²) >= 11 is 2.25. The Morgan fingerprint density at radius 1 is 1.32 bits per heavy atom. The normalized spacial score (nSPS) is 12.3. The first-order valence-electron chi connectivity index (χ1n) is 6.01. The van der Waals surface area contributed by atoms with Crippen molar-refractivity contribution in [2.75, 3.05) is 18.5 Å². The summed E-state index contributed by atoms with van der Waals surface area (Å²) in [6.45, 7) is 1.11. The molecule has 2 aromatic rings. The summed E-state index contributed by atoms with van der Waals surface area (Å²) in [5, 5.41) is 13.0. The van der Waals surface area contributed by atoms with E-state index in [4.69, 9.17) is 9.15 Å². The number of hydrogen-bond donors (Lipinski definition) is 2. The number of hydrogen-bond acceptors (Lipinski definition) is 4. The number of ether oxygens (including phenoxy) is 1. The molecule has 2 N–H and O–H groups in total. The highest BCUT2D eigenvalue weighted by Gasteiger charge is 2.05. The SMILES string of the molecule is OC(CNc1cccc(I)c1)COCc1ccco1. The number of halogens is 1. The van der Waals surface area contributed by atoms with Crippen molar-refractivity contribution in [1.82, 2.24) is 0 Å². The number of benzene rings is 1. The van der Waals surface area contributed by atoms with Gasteiger partial charge < -0.3 is 19.6 Å². The molecule has 0 amide bonds. The van der Waals surface area contributed by atoms with Crippen molar-refractivity contribution >= 4 is 28.3 Å². The summed E-state index contributed by atoms with van der Waals surface area (Å²) in [5.41, 5.74) is 0.997. The van der Waals surface area contributed by atoms with Crippen LogP contribution in [0.1, 0.15) is 5.76 Å². The second-order valence-corrected chi connectivity index (χ2v) is 5.39. The zero-order chi connectivity index (χ0) is 13.5. The van der Waals surface area contributed by atoms with Gasteiger partial charge in [0.1, 0.15) is 12.4 Å². The molecule has 0 aliphatic heterocycles. The van der Waals surface area contributed by atoms with Crippen LogP contribution in [0.4, 0.5) is 5.69 Å². The lowest BCUT2D eigenvalue weighted by Gasteiger charge is -2.13. The van der Waals surface area contributed by atoms with Gasteiger partial charge in [0.25, 0.3) is 0 Å². The summed E-state index contributed by atoms with van der Waals surface area (Å²) < 4.78 is 11.7. The third-order valence-corrected chi connectivity index (χ3v) is 3.17. The first-order valence-corrected chi connectivity index (χ1v) is 7.09. The lowest BCUT2D eigenvalue weighted by molar-refractivity contribution is 0.0282. The van der Waals surface area contributed by atoms with Crippen LogP contribution in [0.15, 0.2) is 47.1 Å². The Hall–Kier alpha value is -1.05. The van der Waals surface area contributed by atoms with E-state index in [1.165, 1.54) is 0 Å². The zero-order valence-corrected chi connectivity index (χ0v) is 12.5. The van der Waals surface area contributed by atoms with Gasteiger partial charge >= 0.3 is 0 Å². The fourth-order valence-electron chi connectivity index (χ4n) is 1.58. The number of anilines is 1. The highest BCUT2D eigenvalue weighted by Crippen LogP contribution is 2.12. The fraction of sp³-hybridized carbons (Fsp3) is 0.286. The Labute approximate surface area is 125 Å². The van der Waals surface area contributed by atoms with E-state index in [0.29, 0.717) is 13.2 Å². The summed E-state index contributed by atoms with van der Waals surface area (Å²) in [6.07, 6.45) is 1.06. The predicted octanol–water partition coefficient (Wildman–Crippen LogP) is 2.87. The molecular weight excluding hydrogens is 357 g/mol. The van der Waals surface area contributed by atoms with Crippen molar-refractivity contribution < 1.29 is 14.3 Å². The van der Waals surface area contributed by atoms with Crippen LogP contribution in [-0.4, -0.2) is 24.4 Å². The molecule has 0 spiro atoms. The Morgan fingerprint density at radius 3 is 2.95 bits per heavy atom. The molecule has 0 aliphatic carbocycles. The molecule has 0 saturated carbocycles. The molecule has 1 aromatic heterocycles. The van der Waals surface area contributed by atoms with Gasteiger partial charge in [0.15, 0.2) is 0 Å². The molecule has 1 atom stereocenters. The monoisotopic (exact) mass is 373 g/mol. The van der Waals surface area contributed by atoms with Crippen LogP contribution in [0, 0.1) is 3.57 Å². The van der Waals surface area contributed by atoms with E-state index in [9.17, 15) is 5.11 Å². The topological polar surface area (TPSA) is 54.6 Å². The second kappa shape index (κ2) is 7.52. The van der Waals surface area contributed by atoms with Gasteiger partial charge in [-0.1, -0.05) is 6.07 Å². The lowest BCUT2D eigenvalue weighted by Crippen LogP contribution is -2.24. The van der Waals surface area contributed by atoms with E-state index in [0.717, 1.165) is 15.0 Å². The van der Waals surface area contributed by atoms with Crippen LogP contribution in [0.25, 0.3) is 0 Å². The van der Waals surface area contributed by atoms with Gasteiger partial charge in [0, 0.05) is 15.8 Å². The molecule has 1 heterocycles. The van der Waals surface area contributed by atoms with Crippen LogP contribution in [0.2, 0.25) is 0 Å². The van der Waals surface area contributed by atoms with Crippen molar-refractivity contribution in [2.24, 2.45) is 0 Å². The molecule has 0 radical (unpaired) electrons. The van der Waals surface area contributed by atoms with Gasteiger partial charge in [0.2, 0.25) is 0 Å². The molecule has 4 nitrogen and oxygen atoms in total. The molecule has 2 rings (SSSR count). The van der Waals surface area contributed by atoms with Crippen LogP contribution in [0.3, 0.4) is 0 Å². The Kier molecular flexibility index (Phi) is 5.68. The number of furan rings is 1. The van der Waals surface area contributed by atoms with E-state index >= 15 is 0 Å². The molecule has 1 aromatic carbocycles. The van der Waals surface area contributed by atoms with Crippen molar-refractivity contribution in [3.63, 3.8) is 0 Å². The van der Waals surface area contributed by atoms with Gasteiger partial charge in [-0.05, 0) is 52.9 Å². The molecule has 1 unspecified atom stereocenters. The van der Waals surface area contributed by atoms with Crippen LogP contribution >= 0.6 is 22.6 Å². The summed E-state index contributed by atoms with van der Waals surface area (Å²) in [4.78, 5) is 0. The van der Waals surface area contributed by atoms with Crippen LogP contribution in [-0.2, 0) is 11.3 Å². The number of nitrogens with one attached hydrogen (secondary N) is 1. The molecule has 0 saturated heterocycles. The van der Waals surface area contributed by atoms with E-state index in [2.05, 4.69) is 27.9 Å². The maximum atomic E-state index is 9.79. The van der Waals surface area contributed by atoms with Crippen molar-refractivity contribution in [2.45, 2.75) is 12.7 Å². The molecule has 0 aliphatic rings. The third kappa shape index (κ3) is 5.22. The number of aliphatic hydroxyl groups is 1. The first-order chi connectivity index (χ1) is 9.24. The van der Waals surface area contributed by atoms with Gasteiger partial charge in [-0.15, -0.1) is 0 Å².